The van der Waals surface area contributed by atoms with E-state index in [1.165, 1.54) is 0 Å². The largest absolute Gasteiger partial charge is 0.497 e. The van der Waals surface area contributed by atoms with Crippen LogP contribution in [-0.4, -0.2) is 30.8 Å². The van der Waals surface area contributed by atoms with E-state index >= 15 is 0 Å². The predicted molar refractivity (Wildman–Crippen MR) is 76.9 cm³/mol. The Kier molecular flexibility index (Phi) is 6.87. The van der Waals surface area contributed by atoms with Gasteiger partial charge in [0.1, 0.15) is 11.5 Å². The fraction of sp³-hybridized carbons (Fsp3) is 0.533. The molecule has 0 fully saturated rings. The quantitative estimate of drug-likeness (QED) is 0.763. The lowest BCUT2D eigenvalue weighted by Crippen LogP contribution is -2.36. The third-order valence-corrected chi connectivity index (χ3v) is 2.93. The summed E-state index contributed by atoms with van der Waals surface area (Å²) in [5, 5.41) is 12.1. The maximum atomic E-state index is 11.7. The Bertz CT molecular complexity index is 434. The van der Waals surface area contributed by atoms with Gasteiger partial charge in [-0.25, -0.2) is 0 Å². The molecule has 0 saturated carbocycles. The van der Waals surface area contributed by atoms with Crippen molar-refractivity contribution < 1.29 is 19.4 Å². The normalized spacial score (nSPS) is 11.8. The predicted octanol–water partition coefficient (Wildman–Crippen LogP) is 1.87. The third kappa shape index (κ3) is 5.09. The Morgan fingerprint density at radius 1 is 1.45 bits per heavy atom. The Labute approximate surface area is 119 Å². The first-order valence-corrected chi connectivity index (χ1v) is 6.80. The van der Waals surface area contributed by atoms with Crippen molar-refractivity contribution in [2.75, 3.05) is 13.7 Å². The van der Waals surface area contributed by atoms with Gasteiger partial charge in [-0.05, 0) is 25.5 Å². The highest BCUT2D eigenvalue weighted by molar-refractivity contribution is 5.77. The molecule has 2 N–H and O–H groups in total. The number of nitrogens with one attached hydrogen (secondary N) is 1. The Balaban J connectivity index is 2.57. The Morgan fingerprint density at radius 3 is 2.80 bits per heavy atom. The van der Waals surface area contributed by atoms with E-state index in [0.29, 0.717) is 17.1 Å². The molecule has 1 aromatic rings. The van der Waals surface area contributed by atoms with Gasteiger partial charge in [0.05, 0.1) is 13.7 Å². The summed E-state index contributed by atoms with van der Waals surface area (Å²) < 4.78 is 10.6. The monoisotopic (exact) mass is 281 g/mol. The lowest BCUT2D eigenvalue weighted by Gasteiger charge is -2.14. The number of aliphatic hydroxyl groups excluding tert-OH is 1. The second kappa shape index (κ2) is 8.43. The molecule has 20 heavy (non-hydrogen) atoms. The summed E-state index contributed by atoms with van der Waals surface area (Å²) >= 11 is 0. The number of ether oxygens (including phenoxy) is 2. The molecule has 5 heteroatoms. The summed E-state index contributed by atoms with van der Waals surface area (Å²) in [7, 11) is 1.55. The highest BCUT2D eigenvalue weighted by atomic mass is 16.5. The zero-order chi connectivity index (χ0) is 15.0. The van der Waals surface area contributed by atoms with Gasteiger partial charge in [-0.2, -0.15) is 0 Å². The van der Waals surface area contributed by atoms with Gasteiger partial charge in [-0.1, -0.05) is 13.3 Å². The smallest absolute Gasteiger partial charge is 0.258 e. The fourth-order valence-corrected chi connectivity index (χ4v) is 1.89. The van der Waals surface area contributed by atoms with E-state index in [1.807, 2.05) is 6.92 Å². The molecule has 1 amide bonds. The van der Waals surface area contributed by atoms with Crippen LogP contribution in [0.5, 0.6) is 11.5 Å². The molecule has 0 bridgehead atoms. The summed E-state index contributed by atoms with van der Waals surface area (Å²) in [4.78, 5) is 11.7. The molecular formula is C15H23NO4. The van der Waals surface area contributed by atoms with Gasteiger partial charge >= 0.3 is 0 Å². The number of carbonyl (C=O) groups excluding carboxylic acids is 1. The third-order valence-electron chi connectivity index (χ3n) is 2.93. The second-order valence-corrected chi connectivity index (χ2v) is 4.68. The molecule has 112 valence electrons. The molecule has 0 saturated heterocycles. The molecular weight excluding hydrogens is 258 g/mol. The maximum Gasteiger partial charge on any atom is 0.258 e. The van der Waals surface area contributed by atoms with Gasteiger partial charge in [0, 0.05) is 17.7 Å². The molecule has 1 aromatic carbocycles. The van der Waals surface area contributed by atoms with Gasteiger partial charge in [-0.3, -0.25) is 4.79 Å². The first-order valence-electron chi connectivity index (χ1n) is 6.80. The zero-order valence-corrected chi connectivity index (χ0v) is 12.3. The van der Waals surface area contributed by atoms with Crippen molar-refractivity contribution >= 4 is 5.91 Å². The molecule has 1 rings (SSSR count). The molecule has 0 aliphatic rings. The van der Waals surface area contributed by atoms with Crippen LogP contribution in [0.4, 0.5) is 0 Å². The van der Waals surface area contributed by atoms with E-state index in [-0.39, 0.29) is 25.2 Å². The zero-order valence-electron chi connectivity index (χ0n) is 12.3. The first kappa shape index (κ1) is 16.3. The summed E-state index contributed by atoms with van der Waals surface area (Å²) in [5.41, 5.74) is 0.625. The molecule has 0 aliphatic heterocycles. The summed E-state index contributed by atoms with van der Waals surface area (Å²) in [6, 6.07) is 5.25. The van der Waals surface area contributed by atoms with Crippen molar-refractivity contribution in [1.82, 2.24) is 5.32 Å². The average molecular weight is 281 g/mol. The van der Waals surface area contributed by atoms with E-state index < -0.39 is 0 Å². The number of hydrogen-bond donors (Lipinski definition) is 2. The lowest BCUT2D eigenvalue weighted by atomic mass is 10.2. The van der Waals surface area contributed by atoms with E-state index in [0.717, 1.165) is 12.8 Å². The van der Waals surface area contributed by atoms with Crippen LogP contribution in [-0.2, 0) is 11.4 Å². The summed E-state index contributed by atoms with van der Waals surface area (Å²) in [5.74, 6) is 0.916. The number of methoxy groups -OCH3 is 1. The number of benzene rings is 1. The van der Waals surface area contributed by atoms with Crippen molar-refractivity contribution in [3.63, 3.8) is 0 Å². The molecule has 0 aliphatic carbocycles. The standard InChI is InChI=1S/C15H23NO4/c1-4-5-11(2)16-15(18)10-20-14-8-13(19-3)7-6-12(14)9-17/h6-8,11,17H,4-5,9-10H2,1-3H3,(H,16,18). The van der Waals surface area contributed by atoms with Crippen LogP contribution in [0.2, 0.25) is 0 Å². The molecule has 0 heterocycles. The molecule has 1 atom stereocenters. The molecule has 5 nitrogen and oxygen atoms in total. The van der Waals surface area contributed by atoms with Crippen LogP contribution in [0.1, 0.15) is 32.3 Å². The number of rotatable bonds is 8. The van der Waals surface area contributed by atoms with E-state index in [2.05, 4.69) is 12.2 Å². The van der Waals surface area contributed by atoms with Gasteiger partial charge in [0.15, 0.2) is 6.61 Å². The molecule has 0 aromatic heterocycles. The fourth-order valence-electron chi connectivity index (χ4n) is 1.89. The van der Waals surface area contributed by atoms with Crippen molar-refractivity contribution in [2.24, 2.45) is 0 Å². The van der Waals surface area contributed by atoms with Crippen LogP contribution in [0.25, 0.3) is 0 Å². The van der Waals surface area contributed by atoms with E-state index in [4.69, 9.17) is 9.47 Å². The SMILES string of the molecule is CCCC(C)NC(=O)COc1cc(OC)ccc1CO. The van der Waals surface area contributed by atoms with Crippen molar-refractivity contribution in [3.8, 4) is 11.5 Å². The highest BCUT2D eigenvalue weighted by Crippen LogP contribution is 2.24. The topological polar surface area (TPSA) is 67.8 Å². The summed E-state index contributed by atoms with van der Waals surface area (Å²) in [6.07, 6.45) is 1.96. The van der Waals surface area contributed by atoms with Gasteiger partial charge < -0.3 is 19.9 Å². The average Bonchev–Trinajstić information content (AvgIpc) is 2.44. The Morgan fingerprint density at radius 2 is 2.20 bits per heavy atom. The van der Waals surface area contributed by atoms with Crippen molar-refractivity contribution in [1.29, 1.82) is 0 Å². The van der Waals surface area contributed by atoms with Crippen molar-refractivity contribution in [2.45, 2.75) is 39.3 Å². The molecule has 1 unspecified atom stereocenters. The van der Waals surface area contributed by atoms with Crippen LogP contribution < -0.4 is 14.8 Å². The molecule has 0 radical (unpaired) electrons. The van der Waals surface area contributed by atoms with Crippen LogP contribution in [0, 0.1) is 0 Å². The van der Waals surface area contributed by atoms with Gasteiger partial charge in [0.25, 0.3) is 5.91 Å². The lowest BCUT2D eigenvalue weighted by molar-refractivity contribution is -0.123. The Hall–Kier alpha value is -1.75. The highest BCUT2D eigenvalue weighted by Gasteiger charge is 2.10. The van der Waals surface area contributed by atoms with Crippen LogP contribution in [0.3, 0.4) is 0 Å². The number of aliphatic hydroxyl groups is 1. The summed E-state index contributed by atoms with van der Waals surface area (Å²) in [6.45, 7) is 3.82. The maximum absolute atomic E-state index is 11.7. The van der Waals surface area contributed by atoms with Crippen LogP contribution in [0.15, 0.2) is 18.2 Å². The number of amides is 1. The van der Waals surface area contributed by atoms with Crippen molar-refractivity contribution in [3.05, 3.63) is 23.8 Å². The second-order valence-electron chi connectivity index (χ2n) is 4.68. The number of carbonyl (C=O) groups is 1. The first-order chi connectivity index (χ1) is 9.60. The van der Waals surface area contributed by atoms with Gasteiger partial charge in [-0.15, -0.1) is 0 Å². The minimum Gasteiger partial charge on any atom is -0.497 e. The molecule has 0 spiro atoms. The number of hydrogen-bond acceptors (Lipinski definition) is 4. The minimum absolute atomic E-state index is 0.0752. The van der Waals surface area contributed by atoms with Gasteiger partial charge in [0.2, 0.25) is 0 Å². The van der Waals surface area contributed by atoms with Crippen LogP contribution >= 0.6 is 0 Å². The minimum atomic E-state index is -0.169. The van der Waals surface area contributed by atoms with E-state index in [1.54, 1.807) is 25.3 Å². The van der Waals surface area contributed by atoms with E-state index in [9.17, 15) is 9.90 Å².